The van der Waals surface area contributed by atoms with E-state index in [-0.39, 0.29) is 12.0 Å². The first-order valence-electron chi connectivity index (χ1n) is 7.85. The summed E-state index contributed by atoms with van der Waals surface area (Å²) in [5, 5.41) is 3.48. The lowest BCUT2D eigenvalue weighted by Crippen LogP contribution is -2.50. The van der Waals surface area contributed by atoms with E-state index in [0.717, 1.165) is 24.3 Å². The number of nitrogens with one attached hydrogen (secondary N) is 1. The lowest BCUT2D eigenvalue weighted by atomic mass is 9.91. The molecule has 0 aliphatic heterocycles. The molecule has 1 unspecified atom stereocenters. The van der Waals surface area contributed by atoms with Gasteiger partial charge < -0.3 is 11.1 Å². The van der Waals surface area contributed by atoms with E-state index in [1.54, 1.807) is 0 Å². The lowest BCUT2D eigenvalue weighted by Gasteiger charge is -2.32. The monoisotopic (exact) mass is 292 g/mol. The number of halogens is 3. The molecule has 0 spiro atoms. The van der Waals surface area contributed by atoms with Gasteiger partial charge >= 0.3 is 6.18 Å². The second-order valence-electron chi connectivity index (χ2n) is 6.95. The third kappa shape index (κ3) is 5.24. The van der Waals surface area contributed by atoms with Gasteiger partial charge in [0, 0.05) is 18.5 Å². The molecular weight excluding hydrogens is 265 g/mol. The Morgan fingerprint density at radius 2 is 1.65 bits per heavy atom. The first kappa shape index (κ1) is 16.1. The van der Waals surface area contributed by atoms with Crippen molar-refractivity contribution in [3.63, 3.8) is 0 Å². The fourth-order valence-electron chi connectivity index (χ4n) is 3.07. The fourth-order valence-corrected chi connectivity index (χ4v) is 3.07. The standard InChI is InChI=1S/C15H27F3N2/c1-14(10-19,7-2-8-15(16,17)18)20-9-13(11-3-4-11)12-5-6-12/h11-13,20H,2-10,19H2,1H3. The van der Waals surface area contributed by atoms with Gasteiger partial charge in [-0.3, -0.25) is 0 Å². The van der Waals surface area contributed by atoms with Crippen LogP contribution in [0, 0.1) is 17.8 Å². The van der Waals surface area contributed by atoms with Crippen LogP contribution in [0.25, 0.3) is 0 Å². The van der Waals surface area contributed by atoms with Gasteiger partial charge in [-0.1, -0.05) is 0 Å². The number of nitrogens with two attached hydrogens (primary N) is 1. The molecule has 1 atom stereocenters. The van der Waals surface area contributed by atoms with Crippen molar-refractivity contribution in [1.29, 1.82) is 0 Å². The Morgan fingerprint density at radius 3 is 2.05 bits per heavy atom. The molecule has 118 valence electrons. The Labute approximate surface area is 119 Å². The maximum Gasteiger partial charge on any atom is 0.389 e. The van der Waals surface area contributed by atoms with Crippen LogP contribution in [0.15, 0.2) is 0 Å². The molecule has 0 bridgehead atoms. The van der Waals surface area contributed by atoms with Crippen molar-refractivity contribution >= 4 is 0 Å². The summed E-state index contributed by atoms with van der Waals surface area (Å²) in [6.45, 7) is 3.28. The molecule has 3 N–H and O–H groups in total. The van der Waals surface area contributed by atoms with Crippen molar-refractivity contribution in [2.75, 3.05) is 13.1 Å². The maximum absolute atomic E-state index is 12.2. The van der Waals surface area contributed by atoms with E-state index in [1.807, 2.05) is 6.92 Å². The van der Waals surface area contributed by atoms with Crippen molar-refractivity contribution in [3.05, 3.63) is 0 Å². The topological polar surface area (TPSA) is 38.0 Å². The molecule has 0 heterocycles. The molecule has 0 saturated heterocycles. The zero-order valence-electron chi connectivity index (χ0n) is 12.3. The second-order valence-corrected chi connectivity index (χ2v) is 6.95. The maximum atomic E-state index is 12.2. The quantitative estimate of drug-likeness (QED) is 0.683. The van der Waals surface area contributed by atoms with Gasteiger partial charge in [0.2, 0.25) is 0 Å². The van der Waals surface area contributed by atoms with Crippen LogP contribution in [0.3, 0.4) is 0 Å². The fraction of sp³-hybridized carbons (Fsp3) is 1.00. The van der Waals surface area contributed by atoms with E-state index in [4.69, 9.17) is 5.73 Å². The van der Waals surface area contributed by atoms with Crippen molar-refractivity contribution in [2.45, 2.75) is 63.6 Å². The highest BCUT2D eigenvalue weighted by Crippen LogP contribution is 2.49. The van der Waals surface area contributed by atoms with Gasteiger partial charge in [-0.2, -0.15) is 13.2 Å². The third-order valence-electron chi connectivity index (χ3n) is 4.86. The normalized spacial score (nSPS) is 23.1. The van der Waals surface area contributed by atoms with Crippen LogP contribution in [-0.2, 0) is 0 Å². The summed E-state index contributed by atoms with van der Waals surface area (Å²) in [6.07, 6.45) is 1.20. The van der Waals surface area contributed by atoms with Gasteiger partial charge in [0.15, 0.2) is 0 Å². The van der Waals surface area contributed by atoms with E-state index >= 15 is 0 Å². The largest absolute Gasteiger partial charge is 0.389 e. The molecule has 2 fully saturated rings. The zero-order chi connectivity index (χ0) is 14.8. The average Bonchev–Trinajstić information content (AvgIpc) is 3.21. The van der Waals surface area contributed by atoms with E-state index in [2.05, 4.69) is 5.32 Å². The van der Waals surface area contributed by atoms with Crippen LogP contribution in [0.1, 0.15) is 51.9 Å². The molecule has 0 amide bonds. The summed E-state index contributed by atoms with van der Waals surface area (Å²) in [4.78, 5) is 0. The molecular formula is C15H27F3N2. The average molecular weight is 292 g/mol. The molecule has 0 aromatic rings. The highest BCUT2D eigenvalue weighted by molar-refractivity contribution is 4.95. The molecule has 2 aliphatic rings. The predicted molar refractivity (Wildman–Crippen MR) is 74.3 cm³/mol. The number of hydrogen-bond donors (Lipinski definition) is 2. The lowest BCUT2D eigenvalue weighted by molar-refractivity contribution is -0.136. The Hall–Kier alpha value is -0.290. The highest BCUT2D eigenvalue weighted by Gasteiger charge is 2.41. The molecule has 0 aromatic heterocycles. The number of alkyl halides is 3. The Bertz CT molecular complexity index is 299. The van der Waals surface area contributed by atoms with Gasteiger partial charge in [0.05, 0.1) is 0 Å². The molecule has 0 aromatic carbocycles. The second kappa shape index (κ2) is 6.22. The van der Waals surface area contributed by atoms with E-state index in [1.165, 1.54) is 25.7 Å². The van der Waals surface area contributed by atoms with Crippen molar-refractivity contribution in [2.24, 2.45) is 23.5 Å². The first-order chi connectivity index (χ1) is 9.33. The number of hydrogen-bond acceptors (Lipinski definition) is 2. The van der Waals surface area contributed by atoms with Crippen LogP contribution >= 0.6 is 0 Å². The minimum Gasteiger partial charge on any atom is -0.329 e. The summed E-state index contributed by atoms with van der Waals surface area (Å²) in [5.74, 6) is 2.43. The van der Waals surface area contributed by atoms with E-state index in [9.17, 15) is 13.2 Å². The third-order valence-corrected chi connectivity index (χ3v) is 4.86. The molecule has 0 radical (unpaired) electrons. The van der Waals surface area contributed by atoms with Gasteiger partial charge in [-0.15, -0.1) is 0 Å². The van der Waals surface area contributed by atoms with Crippen molar-refractivity contribution < 1.29 is 13.2 Å². The minimum absolute atomic E-state index is 0.154. The molecule has 5 heteroatoms. The van der Waals surface area contributed by atoms with Gasteiger partial charge in [-0.25, -0.2) is 0 Å². The van der Waals surface area contributed by atoms with Crippen LogP contribution in [-0.4, -0.2) is 24.8 Å². The van der Waals surface area contributed by atoms with Gasteiger partial charge in [-0.05, 0) is 69.7 Å². The van der Waals surface area contributed by atoms with E-state index in [0.29, 0.717) is 13.0 Å². The van der Waals surface area contributed by atoms with E-state index < -0.39 is 12.6 Å². The van der Waals surface area contributed by atoms with Gasteiger partial charge in [0.1, 0.15) is 0 Å². The van der Waals surface area contributed by atoms with Crippen LogP contribution in [0.5, 0.6) is 0 Å². The summed E-state index contributed by atoms with van der Waals surface area (Å²) < 4.78 is 36.7. The van der Waals surface area contributed by atoms with Crippen LogP contribution in [0.4, 0.5) is 13.2 Å². The SMILES string of the molecule is CC(CN)(CCCC(F)(F)F)NCC(C1CC1)C1CC1. The first-order valence-corrected chi connectivity index (χ1v) is 7.85. The number of rotatable bonds is 9. The molecule has 20 heavy (non-hydrogen) atoms. The van der Waals surface area contributed by atoms with Crippen LogP contribution in [0.2, 0.25) is 0 Å². The summed E-state index contributed by atoms with van der Waals surface area (Å²) in [7, 11) is 0. The summed E-state index contributed by atoms with van der Waals surface area (Å²) in [6, 6.07) is 0. The summed E-state index contributed by atoms with van der Waals surface area (Å²) >= 11 is 0. The minimum atomic E-state index is -4.06. The Balaban J connectivity index is 1.74. The molecule has 2 saturated carbocycles. The Kier molecular flexibility index (Phi) is 5.00. The predicted octanol–water partition coefficient (Wildman–Crippen LogP) is 3.46. The van der Waals surface area contributed by atoms with Crippen LogP contribution < -0.4 is 11.1 Å². The molecule has 2 nitrogen and oxygen atoms in total. The smallest absolute Gasteiger partial charge is 0.329 e. The Morgan fingerprint density at radius 1 is 1.10 bits per heavy atom. The van der Waals surface area contributed by atoms with Gasteiger partial charge in [0.25, 0.3) is 0 Å². The highest BCUT2D eigenvalue weighted by atomic mass is 19.4. The van der Waals surface area contributed by atoms with Crippen molar-refractivity contribution in [3.8, 4) is 0 Å². The van der Waals surface area contributed by atoms with Crippen molar-refractivity contribution in [1.82, 2.24) is 5.32 Å². The zero-order valence-corrected chi connectivity index (χ0v) is 12.3. The summed E-state index contributed by atoms with van der Waals surface area (Å²) in [5.41, 5.74) is 5.43. The molecule has 2 aliphatic carbocycles. The molecule has 2 rings (SSSR count).